The largest absolute Gasteiger partial charge is 0.314 e. The molecule has 0 aliphatic rings. The highest BCUT2D eigenvalue weighted by molar-refractivity contribution is 4.65. The first-order chi connectivity index (χ1) is 4.72. The number of nitrogens with one attached hydrogen (secondary N) is 1. The maximum Gasteiger partial charge on any atom is 0.00642 e. The lowest BCUT2D eigenvalue weighted by Crippen LogP contribution is -2.32. The molecule has 1 nitrogen and oxygen atoms in total. The molecule has 0 unspecified atom stereocenters. The molecule has 1 N–H and O–H groups in total. The molecule has 0 fully saturated rings. The van der Waals surface area contributed by atoms with Crippen molar-refractivity contribution < 1.29 is 0 Å². The highest BCUT2D eigenvalue weighted by Gasteiger charge is 2.07. The van der Waals surface area contributed by atoms with Gasteiger partial charge in [-0.25, -0.2) is 0 Å². The van der Waals surface area contributed by atoms with Gasteiger partial charge >= 0.3 is 0 Å². The molecule has 0 amide bonds. The highest BCUT2D eigenvalue weighted by Crippen LogP contribution is 2.05. The van der Waals surface area contributed by atoms with Gasteiger partial charge < -0.3 is 5.32 Å². The van der Waals surface area contributed by atoms with Crippen molar-refractivity contribution in [2.45, 2.75) is 46.6 Å². The smallest absolute Gasteiger partial charge is 0.00642 e. The van der Waals surface area contributed by atoms with Crippen LogP contribution in [0.1, 0.15) is 40.5 Å². The minimum absolute atomic E-state index is 0.685. The predicted molar refractivity (Wildman–Crippen MR) is 47.2 cm³/mol. The first kappa shape index (κ1) is 9.96. The molecule has 0 spiro atoms. The Morgan fingerprint density at radius 1 is 1.20 bits per heavy atom. The van der Waals surface area contributed by atoms with Crippen molar-refractivity contribution in [3.8, 4) is 0 Å². The summed E-state index contributed by atoms with van der Waals surface area (Å²) in [5.74, 6) is 0.812. The van der Waals surface area contributed by atoms with Gasteiger partial charge in [-0.2, -0.15) is 0 Å². The molecule has 0 saturated heterocycles. The summed E-state index contributed by atoms with van der Waals surface area (Å²) in [6, 6.07) is 0.685. The molecule has 2 atom stereocenters. The van der Waals surface area contributed by atoms with Gasteiger partial charge in [0.1, 0.15) is 0 Å². The zero-order valence-corrected chi connectivity index (χ0v) is 7.78. The zero-order valence-electron chi connectivity index (χ0n) is 7.78. The summed E-state index contributed by atoms with van der Waals surface area (Å²) in [7, 11) is 0. The van der Waals surface area contributed by atoms with Gasteiger partial charge in [0.2, 0.25) is 0 Å². The van der Waals surface area contributed by atoms with Gasteiger partial charge in [0.15, 0.2) is 0 Å². The van der Waals surface area contributed by atoms with E-state index in [0.717, 1.165) is 12.5 Å². The Hall–Kier alpha value is -0.0400. The van der Waals surface area contributed by atoms with E-state index in [2.05, 4.69) is 33.0 Å². The first-order valence-electron chi connectivity index (χ1n) is 4.45. The van der Waals surface area contributed by atoms with E-state index in [0.29, 0.717) is 6.04 Å². The Balaban J connectivity index is 3.31. The predicted octanol–water partition coefficient (Wildman–Crippen LogP) is 2.42. The Morgan fingerprint density at radius 2 is 1.80 bits per heavy atom. The molecule has 62 valence electrons. The van der Waals surface area contributed by atoms with Crippen LogP contribution in [0.25, 0.3) is 0 Å². The van der Waals surface area contributed by atoms with Crippen molar-refractivity contribution in [1.82, 2.24) is 5.32 Å². The van der Waals surface area contributed by atoms with Gasteiger partial charge in [-0.3, -0.25) is 0 Å². The molecule has 0 bridgehead atoms. The summed E-state index contributed by atoms with van der Waals surface area (Å²) in [6.07, 6.45) is 2.51. The van der Waals surface area contributed by atoms with Crippen molar-refractivity contribution >= 4 is 0 Å². The normalized spacial score (nSPS) is 16.8. The van der Waals surface area contributed by atoms with Crippen LogP contribution in [0.2, 0.25) is 0 Å². The molecule has 0 aliphatic heterocycles. The zero-order chi connectivity index (χ0) is 7.98. The van der Waals surface area contributed by atoms with Crippen molar-refractivity contribution in [3.63, 3.8) is 0 Å². The third kappa shape index (κ3) is 3.89. The van der Waals surface area contributed by atoms with E-state index < -0.39 is 0 Å². The second-order valence-corrected chi connectivity index (χ2v) is 3.13. The van der Waals surface area contributed by atoms with Gasteiger partial charge in [-0.1, -0.05) is 27.2 Å². The van der Waals surface area contributed by atoms with Crippen LogP contribution in [0, 0.1) is 5.92 Å². The monoisotopic (exact) mass is 143 g/mol. The fourth-order valence-electron chi connectivity index (χ4n) is 0.927. The lowest BCUT2D eigenvalue weighted by Gasteiger charge is -2.19. The van der Waals surface area contributed by atoms with Gasteiger partial charge in [0.05, 0.1) is 0 Å². The highest BCUT2D eigenvalue weighted by atomic mass is 14.9. The second-order valence-electron chi connectivity index (χ2n) is 3.13. The van der Waals surface area contributed by atoms with E-state index >= 15 is 0 Å². The Bertz CT molecular complexity index is 71.1. The van der Waals surface area contributed by atoms with E-state index in [-0.39, 0.29) is 0 Å². The van der Waals surface area contributed by atoms with E-state index in [1.807, 2.05) is 0 Å². The SMILES string of the molecule is CCCN[C@H](C)[C@H](C)CC. The van der Waals surface area contributed by atoms with Crippen LogP contribution in [0.15, 0.2) is 0 Å². The minimum atomic E-state index is 0.685. The molecule has 0 aliphatic carbocycles. The third-order valence-corrected chi connectivity index (χ3v) is 2.21. The van der Waals surface area contributed by atoms with Crippen LogP contribution >= 0.6 is 0 Å². The standard InChI is InChI=1S/C9H21N/c1-5-7-10-9(4)8(3)6-2/h8-10H,5-7H2,1-4H3/t8-,9-/m1/s1. The topological polar surface area (TPSA) is 12.0 Å². The van der Waals surface area contributed by atoms with Crippen molar-refractivity contribution in [1.29, 1.82) is 0 Å². The molecule has 0 saturated carbocycles. The first-order valence-corrected chi connectivity index (χ1v) is 4.45. The fraction of sp³-hybridized carbons (Fsp3) is 1.00. The number of rotatable bonds is 5. The molecule has 0 aromatic heterocycles. The molecule has 0 rings (SSSR count). The molecular formula is C9H21N. The lowest BCUT2D eigenvalue weighted by atomic mass is 10.0. The molecule has 0 aromatic rings. The summed E-state index contributed by atoms with van der Waals surface area (Å²) >= 11 is 0. The van der Waals surface area contributed by atoms with E-state index in [4.69, 9.17) is 0 Å². The van der Waals surface area contributed by atoms with Crippen LogP contribution in [0.4, 0.5) is 0 Å². The van der Waals surface area contributed by atoms with Crippen molar-refractivity contribution in [2.75, 3.05) is 6.54 Å². The van der Waals surface area contributed by atoms with E-state index in [1.54, 1.807) is 0 Å². The quantitative estimate of drug-likeness (QED) is 0.623. The molecule has 0 aromatic carbocycles. The number of hydrogen-bond acceptors (Lipinski definition) is 1. The summed E-state index contributed by atoms with van der Waals surface area (Å²) in [5, 5.41) is 3.48. The third-order valence-electron chi connectivity index (χ3n) is 2.21. The van der Waals surface area contributed by atoms with Crippen LogP contribution in [-0.4, -0.2) is 12.6 Å². The molecule has 0 heterocycles. The average molecular weight is 143 g/mol. The van der Waals surface area contributed by atoms with Gasteiger partial charge in [-0.15, -0.1) is 0 Å². The number of hydrogen-bond donors (Lipinski definition) is 1. The van der Waals surface area contributed by atoms with Gasteiger partial charge in [0, 0.05) is 6.04 Å². The summed E-state index contributed by atoms with van der Waals surface area (Å²) < 4.78 is 0. The van der Waals surface area contributed by atoms with Gasteiger partial charge in [-0.05, 0) is 25.8 Å². The molecule has 1 heteroatoms. The van der Waals surface area contributed by atoms with Crippen LogP contribution in [0.3, 0.4) is 0 Å². The van der Waals surface area contributed by atoms with E-state index in [9.17, 15) is 0 Å². The maximum absolute atomic E-state index is 3.48. The van der Waals surface area contributed by atoms with Crippen LogP contribution in [0.5, 0.6) is 0 Å². The van der Waals surface area contributed by atoms with Gasteiger partial charge in [0.25, 0.3) is 0 Å². The second kappa shape index (κ2) is 5.72. The summed E-state index contributed by atoms with van der Waals surface area (Å²) in [6.45, 7) is 10.2. The molecule has 0 radical (unpaired) electrons. The fourth-order valence-corrected chi connectivity index (χ4v) is 0.927. The lowest BCUT2D eigenvalue weighted by molar-refractivity contribution is 0.391. The Morgan fingerprint density at radius 3 is 2.20 bits per heavy atom. The van der Waals surface area contributed by atoms with Crippen LogP contribution < -0.4 is 5.32 Å². The Labute approximate surface area is 65.2 Å². The summed E-state index contributed by atoms with van der Waals surface area (Å²) in [4.78, 5) is 0. The minimum Gasteiger partial charge on any atom is -0.314 e. The summed E-state index contributed by atoms with van der Waals surface area (Å²) in [5.41, 5.74) is 0. The molecule has 10 heavy (non-hydrogen) atoms. The maximum atomic E-state index is 3.48. The van der Waals surface area contributed by atoms with Crippen molar-refractivity contribution in [2.24, 2.45) is 5.92 Å². The van der Waals surface area contributed by atoms with E-state index in [1.165, 1.54) is 12.8 Å². The average Bonchev–Trinajstić information content (AvgIpc) is 1.98. The van der Waals surface area contributed by atoms with Crippen LogP contribution in [-0.2, 0) is 0 Å². The Kier molecular flexibility index (Phi) is 5.70. The van der Waals surface area contributed by atoms with Crippen molar-refractivity contribution in [3.05, 3.63) is 0 Å². The molecular weight excluding hydrogens is 122 g/mol.